The molecule has 0 aromatic heterocycles. The van der Waals surface area contributed by atoms with E-state index in [0.29, 0.717) is 6.61 Å². The smallest absolute Gasteiger partial charge is 0.313 e. The van der Waals surface area contributed by atoms with Crippen molar-refractivity contribution in [1.29, 1.82) is 0 Å². The van der Waals surface area contributed by atoms with Gasteiger partial charge in [0.2, 0.25) is 0 Å². The molecule has 1 aromatic carbocycles. The minimum Gasteiger partial charge on any atom is -0.313 e. The van der Waals surface area contributed by atoms with E-state index in [-0.39, 0.29) is 19.5 Å². The molecular weight excluding hydrogens is 433 g/mol. The second-order valence-corrected chi connectivity index (χ2v) is 13.7. The standard InChI is InChI=1S/C20H35O2PS2.Zn/c1-3-5-7-9-14-18-22-23(21,24-19-15-10-8-6-4-2)25-20-16-12-11-13-17-20;/h11-13,16-17H,3-10,14-15,18-19H2,1-2H3;. The first-order valence-electron chi connectivity index (χ1n) is 9.84. The second-order valence-electron chi connectivity index (χ2n) is 6.35. The summed E-state index contributed by atoms with van der Waals surface area (Å²) >= 11 is 2.97. The van der Waals surface area contributed by atoms with Crippen LogP contribution in [-0.2, 0) is 28.6 Å². The van der Waals surface area contributed by atoms with Crippen molar-refractivity contribution >= 4 is 28.5 Å². The second kappa shape index (κ2) is 17.8. The van der Waals surface area contributed by atoms with Crippen molar-refractivity contribution in [2.45, 2.75) is 83.0 Å². The average molecular weight is 468 g/mol. The molecule has 0 radical (unpaired) electrons. The predicted molar refractivity (Wildman–Crippen MR) is 116 cm³/mol. The van der Waals surface area contributed by atoms with E-state index in [9.17, 15) is 4.57 Å². The molecule has 2 nitrogen and oxygen atoms in total. The molecule has 0 bridgehead atoms. The maximum atomic E-state index is 13.3. The molecule has 0 saturated heterocycles. The minimum atomic E-state index is -2.72. The molecule has 6 heteroatoms. The molecule has 0 saturated carbocycles. The number of benzene rings is 1. The molecule has 0 aliphatic rings. The Hall–Kier alpha value is 0.733. The van der Waals surface area contributed by atoms with Gasteiger partial charge in [0.25, 0.3) is 0 Å². The van der Waals surface area contributed by atoms with Gasteiger partial charge in [-0.3, -0.25) is 4.57 Å². The normalized spacial score (nSPS) is 13.2. The summed E-state index contributed by atoms with van der Waals surface area (Å²) in [6.07, 6.45) is 12.2. The third-order valence-electron chi connectivity index (χ3n) is 3.96. The molecule has 1 aromatic rings. The molecule has 1 unspecified atom stereocenters. The van der Waals surface area contributed by atoms with Gasteiger partial charge < -0.3 is 4.52 Å². The van der Waals surface area contributed by atoms with Crippen LogP contribution in [-0.4, -0.2) is 12.4 Å². The first kappa shape index (κ1) is 26.7. The summed E-state index contributed by atoms with van der Waals surface area (Å²) in [6, 6.07) is 10.0. The number of hydrogen-bond donors (Lipinski definition) is 0. The average Bonchev–Trinajstić information content (AvgIpc) is 2.62. The maximum absolute atomic E-state index is 13.3. The fourth-order valence-electron chi connectivity index (χ4n) is 2.46. The monoisotopic (exact) mass is 466 g/mol. The molecule has 0 spiro atoms. The summed E-state index contributed by atoms with van der Waals surface area (Å²) in [5.74, 6) is -1.79. The van der Waals surface area contributed by atoms with E-state index in [1.165, 1.54) is 62.7 Å². The quantitative estimate of drug-likeness (QED) is 0.138. The van der Waals surface area contributed by atoms with Gasteiger partial charge in [-0.2, -0.15) is 0 Å². The van der Waals surface area contributed by atoms with E-state index < -0.39 is 5.77 Å². The Morgan fingerprint density at radius 3 is 2.04 bits per heavy atom. The van der Waals surface area contributed by atoms with Crippen LogP contribution in [0.15, 0.2) is 35.2 Å². The maximum Gasteiger partial charge on any atom is 0.317 e. The van der Waals surface area contributed by atoms with Crippen molar-refractivity contribution in [3.63, 3.8) is 0 Å². The summed E-state index contributed by atoms with van der Waals surface area (Å²) in [7, 11) is 0. The first-order chi connectivity index (χ1) is 12.2. The van der Waals surface area contributed by atoms with Gasteiger partial charge in [0, 0.05) is 30.1 Å². The van der Waals surface area contributed by atoms with Gasteiger partial charge in [0.05, 0.1) is 6.61 Å². The zero-order valence-electron chi connectivity index (χ0n) is 16.7. The van der Waals surface area contributed by atoms with Crippen LogP contribution in [0.4, 0.5) is 0 Å². The van der Waals surface area contributed by atoms with Gasteiger partial charge in [-0.05, 0) is 36.4 Å². The zero-order chi connectivity index (χ0) is 18.2. The summed E-state index contributed by atoms with van der Waals surface area (Å²) in [6.45, 7) is 5.07. The third kappa shape index (κ3) is 13.8. The van der Waals surface area contributed by atoms with E-state index in [0.717, 1.165) is 23.5 Å². The Morgan fingerprint density at radius 1 is 0.846 bits per heavy atom. The van der Waals surface area contributed by atoms with Gasteiger partial charge in [0.15, 0.2) is 0 Å². The van der Waals surface area contributed by atoms with Crippen LogP contribution in [0.3, 0.4) is 0 Å². The van der Waals surface area contributed by atoms with Gasteiger partial charge in [0.1, 0.15) is 0 Å². The molecule has 0 amide bonds. The van der Waals surface area contributed by atoms with Crippen LogP contribution in [0, 0.1) is 0 Å². The van der Waals surface area contributed by atoms with Crippen molar-refractivity contribution in [3.8, 4) is 0 Å². The van der Waals surface area contributed by atoms with Crippen LogP contribution in [0.5, 0.6) is 0 Å². The summed E-state index contributed by atoms with van der Waals surface area (Å²) in [5.41, 5.74) is 0. The van der Waals surface area contributed by atoms with E-state index in [1.54, 1.807) is 11.4 Å². The molecule has 0 aliphatic carbocycles. The first-order valence-corrected chi connectivity index (χ1v) is 14.5. The van der Waals surface area contributed by atoms with Crippen molar-refractivity contribution in [2.24, 2.45) is 0 Å². The third-order valence-corrected chi connectivity index (χ3v) is 11.0. The van der Waals surface area contributed by atoms with E-state index in [2.05, 4.69) is 13.8 Å². The molecule has 26 heavy (non-hydrogen) atoms. The van der Waals surface area contributed by atoms with Gasteiger partial charge in [-0.1, -0.05) is 94.8 Å². The molecule has 0 fully saturated rings. The van der Waals surface area contributed by atoms with E-state index >= 15 is 0 Å². The van der Waals surface area contributed by atoms with Crippen LogP contribution in [0.1, 0.15) is 78.1 Å². The number of unbranched alkanes of at least 4 members (excludes halogenated alkanes) is 8. The number of hydrogen-bond acceptors (Lipinski definition) is 4. The molecule has 1 rings (SSSR count). The van der Waals surface area contributed by atoms with Crippen LogP contribution in [0.25, 0.3) is 0 Å². The van der Waals surface area contributed by atoms with Gasteiger partial charge in [-0.25, -0.2) is 0 Å². The molecule has 1 atom stereocenters. The van der Waals surface area contributed by atoms with Crippen LogP contribution in [0.2, 0.25) is 0 Å². The Balaban J connectivity index is 0.00000625. The Bertz CT molecular complexity index is 454. The van der Waals surface area contributed by atoms with Crippen molar-refractivity contribution in [1.82, 2.24) is 0 Å². The van der Waals surface area contributed by atoms with Crippen LogP contribution < -0.4 is 0 Å². The van der Waals surface area contributed by atoms with Gasteiger partial charge in [-0.15, -0.1) is 0 Å². The van der Waals surface area contributed by atoms with Gasteiger partial charge >= 0.3 is 5.77 Å². The fourth-order valence-corrected chi connectivity index (χ4v) is 9.20. The van der Waals surface area contributed by atoms with E-state index in [4.69, 9.17) is 4.52 Å². The molecular formula is C20H35O2PS2Zn. The SMILES string of the molecule is CCCCCCCOP(=O)(SCCCCCCC)Sc1ccccc1.[Zn]. The predicted octanol–water partition coefficient (Wildman–Crippen LogP) is 8.57. The summed E-state index contributed by atoms with van der Waals surface area (Å²) in [5, 5.41) is 0. The van der Waals surface area contributed by atoms with Crippen molar-refractivity contribution in [2.75, 3.05) is 12.4 Å². The molecule has 0 aliphatic heterocycles. The molecule has 0 N–H and O–H groups in total. The largest absolute Gasteiger partial charge is 0.317 e. The van der Waals surface area contributed by atoms with Crippen molar-refractivity contribution in [3.05, 3.63) is 30.3 Å². The topological polar surface area (TPSA) is 26.3 Å². The molecule has 146 valence electrons. The van der Waals surface area contributed by atoms with Crippen LogP contribution >= 0.6 is 28.5 Å². The Kier molecular flexibility index (Phi) is 18.3. The zero-order valence-corrected chi connectivity index (χ0v) is 22.2. The Morgan fingerprint density at radius 2 is 1.42 bits per heavy atom. The summed E-state index contributed by atoms with van der Waals surface area (Å²) < 4.78 is 19.2. The van der Waals surface area contributed by atoms with E-state index in [1.807, 2.05) is 30.3 Å². The summed E-state index contributed by atoms with van der Waals surface area (Å²) in [4.78, 5) is 1.04. The minimum absolute atomic E-state index is 0. The van der Waals surface area contributed by atoms with Crippen molar-refractivity contribution < 1.29 is 28.6 Å². The Labute approximate surface area is 182 Å². The fraction of sp³-hybridized carbons (Fsp3) is 0.700. The molecule has 0 heterocycles. The number of rotatable bonds is 16.